The third-order valence-corrected chi connectivity index (χ3v) is 14.7. The Morgan fingerprint density at radius 1 is 0.676 bits per heavy atom. The molecular formula is C64H58FIrN4O. The Labute approximate surface area is 432 Å². The van der Waals surface area contributed by atoms with E-state index in [0.717, 1.165) is 70.1 Å². The van der Waals surface area contributed by atoms with Gasteiger partial charge in [-0.1, -0.05) is 156 Å². The SMILES string of the molecule is CC(C)c1cc(-c2ccc(-c3ccccc3)cc2)cc(C(C)C)c1N1c2ccccc2[N-]C1(C)c1[c-]ccc2c1oc1cc(C3(C#N)CCC(C)(C)CC3)ccc12.Fc1ccc[c-]c1-c1ccccn1.[Ir+3]. The minimum Gasteiger partial charge on any atom is -0.659 e. The number of hydrogen-bond donors (Lipinski definition) is 0. The van der Waals surface area contributed by atoms with Crippen LogP contribution in [0.25, 0.3) is 60.8 Å². The number of anilines is 2. The number of nitrogens with zero attached hydrogens (tertiary/aromatic N) is 4. The number of hydrogen-bond acceptors (Lipinski definition) is 4. The molecule has 5 nitrogen and oxygen atoms in total. The molecule has 0 N–H and O–H groups in total. The van der Waals surface area contributed by atoms with Crippen molar-refractivity contribution in [3.8, 4) is 39.6 Å². The molecule has 1 aliphatic carbocycles. The summed E-state index contributed by atoms with van der Waals surface area (Å²) in [5.41, 5.74) is 14.1. The summed E-state index contributed by atoms with van der Waals surface area (Å²) in [6.07, 6.45) is 5.42. The first kappa shape index (κ1) is 49.2. The van der Waals surface area contributed by atoms with Gasteiger partial charge in [-0.25, -0.2) is 0 Å². The molecule has 1 aliphatic heterocycles. The molecular weight excluding hydrogens is 1050 g/mol. The van der Waals surface area contributed by atoms with E-state index >= 15 is 0 Å². The standard InChI is InChI=1S/C53H51N3O.C11H7FN.Ir/c1-34(2)43-30-39(38-22-20-37(21-23-38)36-14-9-8-10-15-36)31-44(35(3)4)49(43)56-47-19-12-11-18-46(47)55-52(56,7)45-17-13-16-42-41-25-24-40(32-48(41)57-50(42)45)53(33-54)28-26-51(5,6)27-29-53;12-10-6-2-1-5-9(10)11-7-3-4-8-13-11;/h8-16,18-25,30-32,34-35H,26-29H2,1-7H3;1-4,6-8H;/q-2;-1;+3. The van der Waals surface area contributed by atoms with Gasteiger partial charge in [0.2, 0.25) is 0 Å². The van der Waals surface area contributed by atoms with Gasteiger partial charge in [0.1, 0.15) is 5.58 Å². The van der Waals surface area contributed by atoms with Crippen molar-refractivity contribution >= 4 is 39.0 Å². The van der Waals surface area contributed by atoms with Crippen LogP contribution in [0.3, 0.4) is 0 Å². The van der Waals surface area contributed by atoms with Crippen LogP contribution in [0.5, 0.6) is 0 Å². The van der Waals surface area contributed by atoms with Gasteiger partial charge < -0.3 is 19.6 Å². The summed E-state index contributed by atoms with van der Waals surface area (Å²) in [5.74, 6) is 0.182. The van der Waals surface area contributed by atoms with Crippen molar-refractivity contribution in [2.45, 2.75) is 97.1 Å². The number of para-hydroxylation sites is 2. The van der Waals surface area contributed by atoms with Crippen LogP contribution in [0, 0.1) is 34.7 Å². The number of halogens is 1. The van der Waals surface area contributed by atoms with Gasteiger partial charge in [-0.3, -0.25) is 4.39 Å². The molecule has 0 bridgehead atoms. The fourth-order valence-electron chi connectivity index (χ4n) is 10.6. The quantitative estimate of drug-likeness (QED) is 0.142. The minimum atomic E-state index is -0.866. The number of benzene rings is 7. The van der Waals surface area contributed by atoms with Crippen molar-refractivity contribution in [1.29, 1.82) is 5.26 Å². The molecule has 11 rings (SSSR count). The molecule has 1 atom stereocenters. The zero-order valence-electron chi connectivity index (χ0n) is 41.5. The van der Waals surface area contributed by atoms with E-state index in [2.05, 4.69) is 192 Å². The second kappa shape index (κ2) is 19.7. The molecule has 1 saturated carbocycles. The first-order chi connectivity index (χ1) is 33.8. The van der Waals surface area contributed by atoms with E-state index in [1.165, 1.54) is 45.1 Å². The Morgan fingerprint density at radius 3 is 1.97 bits per heavy atom. The smallest absolute Gasteiger partial charge is 0.659 e. The summed E-state index contributed by atoms with van der Waals surface area (Å²) in [4.78, 5) is 6.50. The van der Waals surface area contributed by atoms with Gasteiger partial charge in [0.25, 0.3) is 0 Å². The van der Waals surface area contributed by atoms with Gasteiger partial charge in [-0.2, -0.15) is 23.5 Å². The Balaban J connectivity index is 0.000000386. The Morgan fingerprint density at radius 2 is 1.32 bits per heavy atom. The number of aromatic nitrogens is 1. The van der Waals surface area contributed by atoms with Crippen molar-refractivity contribution in [3.05, 3.63) is 209 Å². The topological polar surface area (TPSA) is 67.2 Å². The van der Waals surface area contributed by atoms with Crippen LogP contribution in [0.1, 0.15) is 108 Å². The molecule has 356 valence electrons. The van der Waals surface area contributed by atoms with Crippen LogP contribution in [-0.4, -0.2) is 4.98 Å². The van der Waals surface area contributed by atoms with Gasteiger partial charge in [-0.15, -0.1) is 35.5 Å². The molecule has 71 heavy (non-hydrogen) atoms. The van der Waals surface area contributed by atoms with Gasteiger partial charge in [0, 0.05) is 34.4 Å². The monoisotopic (exact) mass is 1110 g/mol. The van der Waals surface area contributed by atoms with Crippen LogP contribution in [0.2, 0.25) is 0 Å². The summed E-state index contributed by atoms with van der Waals surface area (Å²) in [5, 5.41) is 18.2. The molecule has 1 unspecified atom stereocenters. The molecule has 9 aromatic rings. The summed E-state index contributed by atoms with van der Waals surface area (Å²) in [6, 6.07) is 62.8. The predicted octanol–water partition coefficient (Wildman–Crippen LogP) is 18.0. The summed E-state index contributed by atoms with van der Waals surface area (Å²) >= 11 is 0. The normalized spacial score (nSPS) is 16.7. The van der Waals surface area contributed by atoms with Gasteiger partial charge in [-0.05, 0) is 124 Å². The number of fused-ring (bicyclic) bond motifs is 4. The molecule has 7 heteroatoms. The molecule has 0 radical (unpaired) electrons. The van der Waals surface area contributed by atoms with E-state index < -0.39 is 11.1 Å². The molecule has 0 amide bonds. The predicted molar refractivity (Wildman–Crippen MR) is 285 cm³/mol. The van der Waals surface area contributed by atoms with Crippen LogP contribution < -0.4 is 4.90 Å². The van der Waals surface area contributed by atoms with E-state index in [9.17, 15) is 9.65 Å². The van der Waals surface area contributed by atoms with E-state index in [4.69, 9.17) is 9.73 Å². The Bertz CT molecular complexity index is 3350. The third kappa shape index (κ3) is 9.21. The first-order valence-corrected chi connectivity index (χ1v) is 24.6. The fourth-order valence-corrected chi connectivity index (χ4v) is 10.6. The van der Waals surface area contributed by atoms with Crippen molar-refractivity contribution in [1.82, 2.24) is 4.98 Å². The second-order valence-corrected chi connectivity index (χ2v) is 20.6. The van der Waals surface area contributed by atoms with Gasteiger partial charge in [0.05, 0.1) is 11.5 Å². The van der Waals surface area contributed by atoms with E-state index in [1.54, 1.807) is 30.5 Å². The Hall–Kier alpha value is -6.84. The zero-order valence-corrected chi connectivity index (χ0v) is 43.9. The molecule has 1 fully saturated rings. The first-order valence-electron chi connectivity index (χ1n) is 24.6. The van der Waals surface area contributed by atoms with Crippen LogP contribution in [0.15, 0.2) is 168 Å². The summed E-state index contributed by atoms with van der Waals surface area (Å²) < 4.78 is 20.2. The van der Waals surface area contributed by atoms with Crippen LogP contribution in [0.4, 0.5) is 21.5 Å². The van der Waals surface area contributed by atoms with Crippen LogP contribution in [-0.2, 0) is 31.2 Å². The van der Waals surface area contributed by atoms with E-state index in [-0.39, 0.29) is 43.2 Å². The third-order valence-electron chi connectivity index (χ3n) is 14.7. The number of nitriles is 1. The molecule has 2 aromatic heterocycles. The second-order valence-electron chi connectivity index (χ2n) is 20.6. The molecule has 3 heterocycles. The number of pyridine rings is 1. The van der Waals surface area contributed by atoms with Gasteiger partial charge >= 0.3 is 20.1 Å². The molecule has 7 aromatic carbocycles. The summed E-state index contributed by atoms with van der Waals surface area (Å²) in [7, 11) is 0. The average Bonchev–Trinajstić information content (AvgIpc) is 3.91. The average molecular weight is 1110 g/mol. The summed E-state index contributed by atoms with van der Waals surface area (Å²) in [6.45, 7) is 16.0. The number of rotatable bonds is 8. The molecule has 0 spiro atoms. The largest absolute Gasteiger partial charge is 3.00 e. The van der Waals surface area contributed by atoms with Crippen molar-refractivity contribution < 1.29 is 28.9 Å². The minimum absolute atomic E-state index is 0. The molecule has 2 aliphatic rings. The van der Waals surface area contributed by atoms with Crippen molar-refractivity contribution in [2.24, 2.45) is 5.41 Å². The maximum atomic E-state index is 13.2. The van der Waals surface area contributed by atoms with Crippen molar-refractivity contribution in [2.75, 3.05) is 4.90 Å². The Kier molecular flexibility index (Phi) is 13.7. The van der Waals surface area contributed by atoms with Gasteiger partial charge in [0.15, 0.2) is 0 Å². The van der Waals surface area contributed by atoms with E-state index in [1.807, 2.05) is 12.1 Å². The fraction of sp³-hybridized carbons (Fsp3) is 0.250. The molecule has 0 saturated heterocycles. The van der Waals surface area contributed by atoms with E-state index in [0.29, 0.717) is 11.3 Å². The van der Waals surface area contributed by atoms with Crippen LogP contribution >= 0.6 is 0 Å². The number of furan rings is 1. The maximum absolute atomic E-state index is 13.2. The maximum Gasteiger partial charge on any atom is 3.00 e. The van der Waals surface area contributed by atoms with Crippen molar-refractivity contribution in [3.63, 3.8) is 0 Å². The zero-order chi connectivity index (χ0) is 48.8.